The Morgan fingerprint density at radius 3 is 2.83 bits per heavy atom. The maximum Gasteiger partial charge on any atom is 0.130 e. The highest BCUT2D eigenvalue weighted by molar-refractivity contribution is 9.10. The molecule has 3 nitrogen and oxygen atoms in total. The van der Waals surface area contributed by atoms with Gasteiger partial charge in [0.05, 0.1) is 0 Å². The van der Waals surface area contributed by atoms with Crippen LogP contribution in [0.3, 0.4) is 0 Å². The summed E-state index contributed by atoms with van der Waals surface area (Å²) in [6.07, 6.45) is 1.10. The van der Waals surface area contributed by atoms with E-state index in [2.05, 4.69) is 38.1 Å². The first-order valence-corrected chi connectivity index (χ1v) is 4.76. The van der Waals surface area contributed by atoms with Crippen molar-refractivity contribution in [3.05, 3.63) is 16.5 Å². The average Bonchev–Trinajstić information content (AvgIpc) is 1.99. The quantitative estimate of drug-likeness (QED) is 0.810. The van der Waals surface area contributed by atoms with Gasteiger partial charge in [-0.3, -0.25) is 0 Å². The Morgan fingerprint density at radius 1 is 1.50 bits per heavy atom. The van der Waals surface area contributed by atoms with Gasteiger partial charge in [-0.2, -0.15) is 0 Å². The van der Waals surface area contributed by atoms with Crippen LogP contribution in [0.1, 0.15) is 19.2 Å². The van der Waals surface area contributed by atoms with Crippen LogP contribution in [0.25, 0.3) is 0 Å². The smallest absolute Gasteiger partial charge is 0.130 e. The Bertz CT molecular complexity index is 242. The molecule has 1 aromatic rings. The maximum atomic E-state index is 4.22. The fraction of sp³-hybridized carbons (Fsp3) is 0.500. The lowest BCUT2D eigenvalue weighted by molar-refractivity contribution is 0.950. The van der Waals surface area contributed by atoms with Crippen LogP contribution >= 0.6 is 15.9 Å². The summed E-state index contributed by atoms with van der Waals surface area (Å²) in [5.41, 5.74) is 0. The molecule has 0 bridgehead atoms. The third-order valence-electron chi connectivity index (χ3n) is 1.36. The van der Waals surface area contributed by atoms with Crippen molar-refractivity contribution >= 4 is 21.7 Å². The van der Waals surface area contributed by atoms with Crippen LogP contribution in [0, 0.1) is 6.92 Å². The number of hydrogen-bond donors (Lipinski definition) is 1. The van der Waals surface area contributed by atoms with E-state index in [1.807, 2.05) is 13.0 Å². The molecule has 1 N–H and O–H groups in total. The summed E-state index contributed by atoms with van der Waals surface area (Å²) in [6.45, 7) is 4.95. The first kappa shape index (κ1) is 9.45. The number of aromatic nitrogens is 2. The van der Waals surface area contributed by atoms with Gasteiger partial charge in [0, 0.05) is 12.6 Å². The van der Waals surface area contributed by atoms with Gasteiger partial charge in [0.2, 0.25) is 0 Å². The molecule has 0 aliphatic heterocycles. The van der Waals surface area contributed by atoms with E-state index in [0.717, 1.165) is 29.2 Å². The molecule has 0 saturated carbocycles. The normalized spacial score (nSPS) is 9.92. The molecule has 0 aromatic carbocycles. The second kappa shape index (κ2) is 4.40. The van der Waals surface area contributed by atoms with Crippen LogP contribution in [0.2, 0.25) is 0 Å². The van der Waals surface area contributed by atoms with E-state index in [1.165, 1.54) is 0 Å². The van der Waals surface area contributed by atoms with Gasteiger partial charge in [-0.05, 0) is 29.3 Å². The molecule has 0 fully saturated rings. The van der Waals surface area contributed by atoms with Crippen LogP contribution in [-0.4, -0.2) is 16.5 Å². The SMILES string of the molecule is CCCNc1cc(Br)nc(C)n1. The van der Waals surface area contributed by atoms with Gasteiger partial charge >= 0.3 is 0 Å². The van der Waals surface area contributed by atoms with Gasteiger partial charge in [-0.15, -0.1) is 0 Å². The Kier molecular flexibility index (Phi) is 3.47. The number of halogens is 1. The number of nitrogens with one attached hydrogen (secondary N) is 1. The highest BCUT2D eigenvalue weighted by atomic mass is 79.9. The minimum atomic E-state index is 0.781. The second-order valence-corrected chi connectivity index (χ2v) is 3.36. The van der Waals surface area contributed by atoms with E-state index in [-0.39, 0.29) is 0 Å². The molecular weight excluding hydrogens is 218 g/mol. The maximum absolute atomic E-state index is 4.22. The third-order valence-corrected chi connectivity index (χ3v) is 1.77. The molecule has 1 heterocycles. The van der Waals surface area contributed by atoms with Crippen molar-refractivity contribution < 1.29 is 0 Å². The molecule has 0 aliphatic rings. The molecule has 0 amide bonds. The van der Waals surface area contributed by atoms with Gasteiger partial charge in [0.15, 0.2) is 0 Å². The van der Waals surface area contributed by atoms with E-state index < -0.39 is 0 Å². The van der Waals surface area contributed by atoms with Crippen LogP contribution in [0.4, 0.5) is 5.82 Å². The lowest BCUT2D eigenvalue weighted by Crippen LogP contribution is -2.03. The summed E-state index contributed by atoms with van der Waals surface area (Å²) in [5, 5.41) is 3.19. The highest BCUT2D eigenvalue weighted by Gasteiger charge is 1.97. The molecular formula is C8H12BrN3. The molecule has 66 valence electrons. The number of hydrogen-bond acceptors (Lipinski definition) is 3. The summed E-state index contributed by atoms with van der Waals surface area (Å²) >= 11 is 3.31. The first-order chi connectivity index (χ1) is 5.72. The zero-order chi connectivity index (χ0) is 8.97. The van der Waals surface area contributed by atoms with E-state index in [1.54, 1.807) is 0 Å². The summed E-state index contributed by atoms with van der Waals surface area (Å²) in [6, 6.07) is 1.88. The van der Waals surface area contributed by atoms with Crippen LogP contribution in [-0.2, 0) is 0 Å². The largest absolute Gasteiger partial charge is 0.370 e. The Balaban J connectivity index is 2.72. The lowest BCUT2D eigenvalue weighted by Gasteiger charge is -2.04. The molecule has 0 radical (unpaired) electrons. The van der Waals surface area contributed by atoms with E-state index in [0.29, 0.717) is 0 Å². The minimum Gasteiger partial charge on any atom is -0.370 e. The number of aryl methyl sites for hydroxylation is 1. The Hall–Kier alpha value is -0.640. The van der Waals surface area contributed by atoms with E-state index in [9.17, 15) is 0 Å². The summed E-state index contributed by atoms with van der Waals surface area (Å²) in [7, 11) is 0. The van der Waals surface area contributed by atoms with Gasteiger partial charge < -0.3 is 5.32 Å². The first-order valence-electron chi connectivity index (χ1n) is 3.97. The van der Waals surface area contributed by atoms with E-state index in [4.69, 9.17) is 0 Å². The fourth-order valence-corrected chi connectivity index (χ4v) is 1.35. The highest BCUT2D eigenvalue weighted by Crippen LogP contribution is 2.11. The molecule has 1 rings (SSSR count). The molecule has 0 spiro atoms. The predicted molar refractivity (Wildman–Crippen MR) is 53.2 cm³/mol. The molecule has 0 saturated heterocycles. The average molecular weight is 230 g/mol. The van der Waals surface area contributed by atoms with Gasteiger partial charge in [-0.25, -0.2) is 9.97 Å². The fourth-order valence-electron chi connectivity index (χ4n) is 0.875. The zero-order valence-corrected chi connectivity index (χ0v) is 8.85. The van der Waals surface area contributed by atoms with Crippen molar-refractivity contribution in [1.82, 2.24) is 9.97 Å². The zero-order valence-electron chi connectivity index (χ0n) is 7.26. The van der Waals surface area contributed by atoms with Gasteiger partial charge in [0.1, 0.15) is 16.2 Å². The molecule has 4 heteroatoms. The van der Waals surface area contributed by atoms with Crippen molar-refractivity contribution in [3.8, 4) is 0 Å². The predicted octanol–water partition coefficient (Wildman–Crippen LogP) is 2.37. The Labute approximate surface area is 80.7 Å². The monoisotopic (exact) mass is 229 g/mol. The molecule has 12 heavy (non-hydrogen) atoms. The van der Waals surface area contributed by atoms with Gasteiger partial charge in [-0.1, -0.05) is 6.92 Å². The standard InChI is InChI=1S/C8H12BrN3/c1-3-4-10-8-5-7(9)11-6(2)12-8/h5H,3-4H2,1-2H3,(H,10,11,12). The van der Waals surface area contributed by atoms with Crippen molar-refractivity contribution in [2.24, 2.45) is 0 Å². The molecule has 0 unspecified atom stereocenters. The summed E-state index contributed by atoms with van der Waals surface area (Å²) < 4.78 is 0.827. The number of nitrogens with zero attached hydrogens (tertiary/aromatic N) is 2. The number of anilines is 1. The second-order valence-electron chi connectivity index (χ2n) is 2.55. The lowest BCUT2D eigenvalue weighted by atomic mass is 10.4. The molecule has 0 aliphatic carbocycles. The van der Waals surface area contributed by atoms with Crippen LogP contribution in [0.5, 0.6) is 0 Å². The van der Waals surface area contributed by atoms with Crippen LogP contribution in [0.15, 0.2) is 10.7 Å². The Morgan fingerprint density at radius 2 is 2.25 bits per heavy atom. The van der Waals surface area contributed by atoms with Crippen molar-refractivity contribution in [1.29, 1.82) is 0 Å². The van der Waals surface area contributed by atoms with Crippen molar-refractivity contribution in [3.63, 3.8) is 0 Å². The van der Waals surface area contributed by atoms with Gasteiger partial charge in [0.25, 0.3) is 0 Å². The molecule has 1 aromatic heterocycles. The topological polar surface area (TPSA) is 37.8 Å². The summed E-state index contributed by atoms with van der Waals surface area (Å²) in [4.78, 5) is 8.33. The van der Waals surface area contributed by atoms with E-state index >= 15 is 0 Å². The molecule has 0 atom stereocenters. The van der Waals surface area contributed by atoms with Crippen molar-refractivity contribution in [2.45, 2.75) is 20.3 Å². The third kappa shape index (κ3) is 2.77. The minimum absolute atomic E-state index is 0.781. The number of rotatable bonds is 3. The van der Waals surface area contributed by atoms with Crippen molar-refractivity contribution in [2.75, 3.05) is 11.9 Å². The summed E-state index contributed by atoms with van der Waals surface area (Å²) in [5.74, 6) is 1.67. The van der Waals surface area contributed by atoms with Crippen LogP contribution < -0.4 is 5.32 Å².